The average molecular weight is 459 g/mol. The Morgan fingerprint density at radius 3 is 2.58 bits per heavy atom. The van der Waals surface area contributed by atoms with Gasteiger partial charge in [0.2, 0.25) is 5.91 Å². The molecule has 1 aliphatic rings. The summed E-state index contributed by atoms with van der Waals surface area (Å²) in [5.41, 5.74) is -0.321. The number of fused-ring (bicyclic) bond motifs is 1. The number of hydrogen-bond acceptors (Lipinski definition) is 6. The third-order valence-electron chi connectivity index (χ3n) is 5.16. The smallest absolute Gasteiger partial charge is 0.385 e. The summed E-state index contributed by atoms with van der Waals surface area (Å²) in [4.78, 5) is 32.9. The molecule has 3 rings (SSSR count). The van der Waals surface area contributed by atoms with Crippen LogP contribution in [0.3, 0.4) is 0 Å². The molecule has 0 spiro atoms. The zero-order valence-electron chi connectivity index (χ0n) is 17.4. The molecule has 1 saturated heterocycles. The lowest BCUT2D eigenvalue weighted by molar-refractivity contribution is -0.141. The summed E-state index contributed by atoms with van der Waals surface area (Å²) < 4.78 is 43.7. The van der Waals surface area contributed by atoms with E-state index in [-0.39, 0.29) is 23.2 Å². The summed E-state index contributed by atoms with van der Waals surface area (Å²) >= 11 is 0.990. The number of carbonyl (C=O) groups excluding carboxylic acids is 2. The van der Waals surface area contributed by atoms with Gasteiger partial charge < -0.3 is 15.0 Å². The first kappa shape index (κ1) is 23.4. The molecule has 2 aromatic heterocycles. The molecule has 0 radical (unpaired) electrons. The lowest BCUT2D eigenvalue weighted by atomic mass is 10.1. The van der Waals surface area contributed by atoms with Crippen molar-refractivity contribution < 1.29 is 27.5 Å². The molecule has 0 unspecified atom stereocenters. The summed E-state index contributed by atoms with van der Waals surface area (Å²) in [5.74, 6) is -0.277. The van der Waals surface area contributed by atoms with Gasteiger partial charge in [0.05, 0.1) is 11.4 Å². The first-order valence-corrected chi connectivity index (χ1v) is 10.8. The molecular formula is C20H25F3N4O3S. The van der Waals surface area contributed by atoms with Crippen LogP contribution in [0.4, 0.5) is 13.2 Å². The molecule has 170 valence electrons. The summed E-state index contributed by atoms with van der Waals surface area (Å²) in [6.07, 6.45) is -3.78. The van der Waals surface area contributed by atoms with Crippen LogP contribution in [-0.4, -0.2) is 79.6 Å². The zero-order chi connectivity index (χ0) is 22.6. The lowest BCUT2D eigenvalue weighted by Crippen LogP contribution is -2.51. The summed E-state index contributed by atoms with van der Waals surface area (Å²) in [6, 6.07) is 2.31. The van der Waals surface area contributed by atoms with Crippen molar-refractivity contribution in [2.45, 2.75) is 19.5 Å². The number of halogens is 3. The van der Waals surface area contributed by atoms with E-state index < -0.39 is 11.9 Å². The summed E-state index contributed by atoms with van der Waals surface area (Å²) in [6.45, 7) is 5.14. The number of carbonyl (C=O) groups is 2. The van der Waals surface area contributed by atoms with Gasteiger partial charge in [-0.3, -0.25) is 14.5 Å². The molecule has 0 atom stereocenters. The highest BCUT2D eigenvalue weighted by atomic mass is 32.1. The number of pyridine rings is 1. The van der Waals surface area contributed by atoms with E-state index in [0.29, 0.717) is 55.2 Å². The number of aromatic nitrogens is 1. The molecule has 1 N–H and O–H groups in total. The van der Waals surface area contributed by atoms with Crippen LogP contribution in [0.1, 0.15) is 27.3 Å². The van der Waals surface area contributed by atoms with Crippen molar-refractivity contribution in [1.29, 1.82) is 0 Å². The van der Waals surface area contributed by atoms with E-state index in [2.05, 4.69) is 10.3 Å². The van der Waals surface area contributed by atoms with Gasteiger partial charge in [0.25, 0.3) is 5.91 Å². The fourth-order valence-corrected chi connectivity index (χ4v) is 4.56. The number of alkyl halides is 3. The molecule has 2 aromatic rings. The van der Waals surface area contributed by atoms with Gasteiger partial charge in [-0.1, -0.05) is 0 Å². The van der Waals surface area contributed by atoms with E-state index in [0.717, 1.165) is 23.8 Å². The van der Waals surface area contributed by atoms with Gasteiger partial charge in [0.1, 0.15) is 10.5 Å². The van der Waals surface area contributed by atoms with Crippen LogP contribution < -0.4 is 5.32 Å². The van der Waals surface area contributed by atoms with E-state index in [4.69, 9.17) is 4.74 Å². The molecule has 2 amide bonds. The summed E-state index contributed by atoms with van der Waals surface area (Å²) in [7, 11) is 1.61. The monoisotopic (exact) mass is 458 g/mol. The number of piperazine rings is 1. The average Bonchev–Trinajstić information content (AvgIpc) is 3.06. The van der Waals surface area contributed by atoms with Gasteiger partial charge in [0, 0.05) is 51.8 Å². The first-order chi connectivity index (χ1) is 14.7. The highest BCUT2D eigenvalue weighted by Crippen LogP contribution is 2.34. The standard InChI is InChI=1S/C20H25F3N4O3S/c1-13-14-4-5-15(20(21,22)23)25-18(14)31-17(13)19(29)27-9-7-26(8-10-27)12-16(28)24-6-3-11-30-2/h4-5H,3,6-12H2,1-2H3,(H,24,28). The van der Waals surface area contributed by atoms with Crippen molar-refractivity contribution in [2.75, 3.05) is 53.0 Å². The number of nitrogens with one attached hydrogen (secondary N) is 1. The molecular weight excluding hydrogens is 433 g/mol. The maximum absolute atomic E-state index is 13.0. The summed E-state index contributed by atoms with van der Waals surface area (Å²) in [5, 5.41) is 3.40. The number of amides is 2. The third kappa shape index (κ3) is 5.72. The van der Waals surface area contributed by atoms with E-state index in [1.54, 1.807) is 18.9 Å². The Kier molecular flexibility index (Phi) is 7.50. The van der Waals surface area contributed by atoms with E-state index in [1.807, 2.05) is 4.90 Å². The Hall–Kier alpha value is -2.24. The predicted octanol–water partition coefficient (Wildman–Crippen LogP) is 2.53. The van der Waals surface area contributed by atoms with Crippen LogP contribution in [-0.2, 0) is 15.7 Å². The number of thiophene rings is 1. The fourth-order valence-electron chi connectivity index (χ4n) is 3.42. The quantitative estimate of drug-likeness (QED) is 0.646. The Morgan fingerprint density at radius 2 is 1.94 bits per heavy atom. The van der Waals surface area contributed by atoms with Gasteiger partial charge >= 0.3 is 6.18 Å². The molecule has 0 bridgehead atoms. The Morgan fingerprint density at radius 1 is 1.23 bits per heavy atom. The van der Waals surface area contributed by atoms with Crippen molar-refractivity contribution in [3.63, 3.8) is 0 Å². The second kappa shape index (κ2) is 9.92. The van der Waals surface area contributed by atoms with Crippen LogP contribution in [0.15, 0.2) is 12.1 Å². The van der Waals surface area contributed by atoms with Crippen LogP contribution in [0.25, 0.3) is 10.2 Å². The number of rotatable bonds is 7. The number of aryl methyl sites for hydroxylation is 1. The Balaban J connectivity index is 1.59. The minimum Gasteiger partial charge on any atom is -0.385 e. The van der Waals surface area contributed by atoms with E-state index in [9.17, 15) is 22.8 Å². The van der Waals surface area contributed by atoms with Crippen molar-refractivity contribution in [1.82, 2.24) is 20.1 Å². The van der Waals surface area contributed by atoms with Crippen LogP contribution in [0.2, 0.25) is 0 Å². The van der Waals surface area contributed by atoms with Gasteiger partial charge in [-0.25, -0.2) is 4.98 Å². The van der Waals surface area contributed by atoms with Gasteiger partial charge in [0.15, 0.2) is 0 Å². The predicted molar refractivity (Wildman–Crippen MR) is 111 cm³/mol. The Labute approximate surface area is 182 Å². The van der Waals surface area contributed by atoms with Crippen LogP contribution >= 0.6 is 11.3 Å². The second-order valence-electron chi connectivity index (χ2n) is 7.37. The third-order valence-corrected chi connectivity index (χ3v) is 6.35. The molecule has 31 heavy (non-hydrogen) atoms. The van der Waals surface area contributed by atoms with Crippen molar-refractivity contribution in [3.8, 4) is 0 Å². The molecule has 0 aliphatic carbocycles. The van der Waals surface area contributed by atoms with Crippen molar-refractivity contribution >= 4 is 33.4 Å². The van der Waals surface area contributed by atoms with Gasteiger partial charge in [-0.2, -0.15) is 13.2 Å². The largest absolute Gasteiger partial charge is 0.433 e. The molecule has 1 fully saturated rings. The molecule has 0 aromatic carbocycles. The van der Waals surface area contributed by atoms with Crippen LogP contribution in [0, 0.1) is 6.92 Å². The number of ether oxygens (including phenoxy) is 1. The van der Waals surface area contributed by atoms with Gasteiger partial charge in [-0.15, -0.1) is 11.3 Å². The highest BCUT2D eigenvalue weighted by molar-refractivity contribution is 7.20. The molecule has 7 nitrogen and oxygen atoms in total. The Bertz CT molecular complexity index is 940. The molecule has 1 aliphatic heterocycles. The van der Waals surface area contributed by atoms with Crippen molar-refractivity contribution in [2.24, 2.45) is 0 Å². The molecule has 3 heterocycles. The zero-order valence-corrected chi connectivity index (χ0v) is 18.2. The number of nitrogens with zero attached hydrogens (tertiary/aromatic N) is 3. The minimum atomic E-state index is -4.53. The van der Waals surface area contributed by atoms with Gasteiger partial charge in [-0.05, 0) is 31.0 Å². The molecule has 0 saturated carbocycles. The maximum atomic E-state index is 13.0. The second-order valence-corrected chi connectivity index (χ2v) is 8.37. The topological polar surface area (TPSA) is 74.8 Å². The highest BCUT2D eigenvalue weighted by Gasteiger charge is 2.33. The molecule has 11 heteroatoms. The van der Waals surface area contributed by atoms with Crippen molar-refractivity contribution in [3.05, 3.63) is 28.3 Å². The van der Waals surface area contributed by atoms with E-state index >= 15 is 0 Å². The number of hydrogen-bond donors (Lipinski definition) is 1. The lowest BCUT2D eigenvalue weighted by Gasteiger charge is -2.34. The van der Waals surface area contributed by atoms with Crippen LogP contribution in [0.5, 0.6) is 0 Å². The SMILES string of the molecule is COCCCNC(=O)CN1CCN(C(=O)c2sc3nc(C(F)(F)F)ccc3c2C)CC1. The maximum Gasteiger partial charge on any atom is 0.433 e. The fraction of sp³-hybridized carbons (Fsp3) is 0.550. The number of methoxy groups -OCH3 is 1. The normalized spacial score (nSPS) is 15.5. The van der Waals surface area contributed by atoms with E-state index in [1.165, 1.54) is 6.07 Å². The first-order valence-electron chi connectivity index (χ1n) is 9.95. The minimum absolute atomic E-state index is 0.0669.